The number of carbonyl (C=O) groups is 2. The largest absolute Gasteiger partial charge is 0.474 e. The Kier molecular flexibility index (Phi) is 7.84. The fourth-order valence-corrected chi connectivity index (χ4v) is 5.96. The van der Waals surface area contributed by atoms with Gasteiger partial charge in [-0.25, -0.2) is 8.78 Å². The molecule has 41 heavy (non-hydrogen) atoms. The first-order valence-electron chi connectivity index (χ1n) is 14.0. The number of amidine groups is 1. The molecule has 2 unspecified atom stereocenters. The molecule has 2 saturated heterocycles. The van der Waals surface area contributed by atoms with Gasteiger partial charge in [0.15, 0.2) is 5.84 Å². The van der Waals surface area contributed by atoms with E-state index in [9.17, 15) is 23.5 Å². The number of hydrogen-bond acceptors (Lipinski definition) is 10. The van der Waals surface area contributed by atoms with Crippen molar-refractivity contribution < 1.29 is 33.0 Å². The number of alkyl halides is 2. The Morgan fingerprint density at radius 3 is 2.59 bits per heavy atom. The molecule has 0 spiro atoms. The van der Waals surface area contributed by atoms with Gasteiger partial charge in [-0.15, -0.1) is 0 Å². The molecule has 0 radical (unpaired) electrons. The summed E-state index contributed by atoms with van der Waals surface area (Å²) in [4.78, 5) is 44.7. The molecule has 4 heterocycles. The van der Waals surface area contributed by atoms with Crippen molar-refractivity contribution in [3.05, 3.63) is 30.4 Å². The van der Waals surface area contributed by atoms with Crippen LogP contribution in [0.5, 0.6) is 5.88 Å². The zero-order valence-electron chi connectivity index (χ0n) is 22.5. The lowest BCUT2D eigenvalue weighted by Crippen LogP contribution is -2.42. The first-order valence-corrected chi connectivity index (χ1v) is 14.0. The summed E-state index contributed by atoms with van der Waals surface area (Å²) in [5, 5.41) is 9.29. The van der Waals surface area contributed by atoms with Crippen LogP contribution in [0.15, 0.2) is 35.4 Å². The molecule has 2 amide bonds. The maximum absolute atomic E-state index is 14.1. The van der Waals surface area contributed by atoms with Crippen LogP contribution < -0.4 is 14.5 Å². The predicted octanol–water partition coefficient (Wildman–Crippen LogP) is 1.18. The van der Waals surface area contributed by atoms with Crippen molar-refractivity contribution >= 4 is 29.4 Å². The smallest absolute Gasteiger partial charge is 0.295 e. The maximum Gasteiger partial charge on any atom is 0.295 e. The second kappa shape index (κ2) is 11.7. The highest BCUT2D eigenvalue weighted by Crippen LogP contribution is 2.35. The number of aliphatic hydroxyl groups excluding tert-OH is 1. The third kappa shape index (κ3) is 5.62. The zero-order valence-corrected chi connectivity index (χ0v) is 22.5. The molecule has 0 bridgehead atoms. The molecule has 1 aromatic rings. The molecular weight excluding hydrogens is 540 g/mol. The van der Waals surface area contributed by atoms with E-state index in [0.29, 0.717) is 63.8 Å². The number of amides is 2. The first kappa shape index (κ1) is 27.5. The average Bonchev–Trinajstić information content (AvgIpc) is 3.58. The van der Waals surface area contributed by atoms with E-state index in [0.717, 1.165) is 0 Å². The number of rotatable bonds is 7. The summed E-state index contributed by atoms with van der Waals surface area (Å²) in [5.74, 6) is 0.0171. The number of carbonyl (C=O) groups excluding carboxylic acids is 2. The van der Waals surface area contributed by atoms with Crippen LogP contribution in [0.1, 0.15) is 25.7 Å². The summed E-state index contributed by atoms with van der Waals surface area (Å²) in [6.45, 7) is 1.81. The molecule has 1 aromatic heterocycles. The van der Waals surface area contributed by atoms with E-state index in [1.54, 1.807) is 18.2 Å². The van der Waals surface area contributed by atoms with E-state index >= 15 is 0 Å². The molecule has 3 aliphatic heterocycles. The summed E-state index contributed by atoms with van der Waals surface area (Å²) < 4.78 is 40.0. The van der Waals surface area contributed by atoms with Gasteiger partial charge in [-0.05, 0) is 25.7 Å². The number of allylic oxidation sites excluding steroid dienone is 2. The summed E-state index contributed by atoms with van der Waals surface area (Å²) in [6, 6.07) is 0.732. The monoisotopic (exact) mass is 573 g/mol. The van der Waals surface area contributed by atoms with Crippen LogP contribution >= 0.6 is 0 Å². The van der Waals surface area contributed by atoms with Crippen molar-refractivity contribution in [2.24, 2.45) is 10.9 Å². The lowest BCUT2D eigenvalue weighted by molar-refractivity contribution is -0.137. The molecule has 220 valence electrons. The van der Waals surface area contributed by atoms with Crippen LogP contribution in [0, 0.1) is 5.92 Å². The van der Waals surface area contributed by atoms with Gasteiger partial charge >= 0.3 is 0 Å². The van der Waals surface area contributed by atoms with Gasteiger partial charge in [-0.2, -0.15) is 9.97 Å². The van der Waals surface area contributed by atoms with E-state index in [1.165, 1.54) is 14.7 Å². The SMILES string of the molecule is O=C1CN(C(=O)C2CCC(Oc3cc(N4C(C(F)F)=NC5C=CC=CC54)nc(N4CCOCC4)n3)CC2)CN1CO. The Morgan fingerprint density at radius 1 is 1.12 bits per heavy atom. The van der Waals surface area contributed by atoms with E-state index < -0.39 is 25.2 Å². The number of morpholine rings is 1. The fourth-order valence-electron chi connectivity index (χ4n) is 5.96. The van der Waals surface area contributed by atoms with Crippen molar-refractivity contribution in [2.45, 2.75) is 50.3 Å². The molecule has 12 nitrogen and oxygen atoms in total. The highest BCUT2D eigenvalue weighted by Gasteiger charge is 2.41. The lowest BCUT2D eigenvalue weighted by atomic mass is 9.86. The Balaban J connectivity index is 1.19. The molecule has 6 rings (SSSR count). The topological polar surface area (TPSA) is 124 Å². The number of anilines is 2. The van der Waals surface area contributed by atoms with Gasteiger partial charge in [0.1, 0.15) is 25.2 Å². The Labute approximate surface area is 235 Å². The third-order valence-electron chi connectivity index (χ3n) is 8.13. The van der Waals surface area contributed by atoms with Gasteiger partial charge in [0.25, 0.3) is 6.43 Å². The van der Waals surface area contributed by atoms with Crippen molar-refractivity contribution in [2.75, 3.05) is 56.0 Å². The lowest BCUT2D eigenvalue weighted by Gasteiger charge is -2.32. The van der Waals surface area contributed by atoms with Crippen molar-refractivity contribution in [1.29, 1.82) is 0 Å². The van der Waals surface area contributed by atoms with Gasteiger partial charge in [0.2, 0.25) is 23.6 Å². The van der Waals surface area contributed by atoms with Crippen molar-refractivity contribution in [3.63, 3.8) is 0 Å². The Bertz CT molecular complexity index is 1250. The van der Waals surface area contributed by atoms with Crippen LogP contribution in [0.4, 0.5) is 20.5 Å². The summed E-state index contributed by atoms with van der Waals surface area (Å²) in [6.07, 6.45) is 6.61. The van der Waals surface area contributed by atoms with Gasteiger partial charge in [-0.3, -0.25) is 14.6 Å². The highest BCUT2D eigenvalue weighted by molar-refractivity contribution is 6.02. The van der Waals surface area contributed by atoms with Gasteiger partial charge in [0, 0.05) is 25.1 Å². The standard InChI is InChI=1S/C27H33F2N7O5/c28-24(29)25-30-19-3-1-2-4-20(19)36(25)21-13-22(32-27(31-21)33-9-11-40-12-10-33)41-18-7-5-17(6-8-18)26(39)34-14-23(38)35(15-34)16-37/h1-4,13,17-20,24,37H,5-12,14-16H2. The molecule has 0 aromatic carbocycles. The number of aliphatic imine (C=N–C) groups is 1. The van der Waals surface area contributed by atoms with Crippen molar-refractivity contribution in [1.82, 2.24) is 19.8 Å². The second-order valence-electron chi connectivity index (χ2n) is 10.7. The predicted molar refractivity (Wildman–Crippen MR) is 144 cm³/mol. The molecule has 5 aliphatic rings. The zero-order chi connectivity index (χ0) is 28.5. The number of fused-ring (bicyclic) bond motifs is 1. The second-order valence-corrected chi connectivity index (χ2v) is 10.7. The maximum atomic E-state index is 14.1. The minimum absolute atomic E-state index is 0.0168. The molecule has 14 heteroatoms. The van der Waals surface area contributed by atoms with Crippen LogP contribution in [0.3, 0.4) is 0 Å². The number of aliphatic hydroxyl groups is 1. The minimum atomic E-state index is -2.78. The normalized spacial score (nSPS) is 28.0. The van der Waals surface area contributed by atoms with Crippen LogP contribution in [0.25, 0.3) is 0 Å². The van der Waals surface area contributed by atoms with E-state index in [4.69, 9.17) is 9.47 Å². The van der Waals surface area contributed by atoms with Gasteiger partial charge < -0.3 is 34.2 Å². The summed E-state index contributed by atoms with van der Waals surface area (Å²) >= 11 is 0. The third-order valence-corrected chi connectivity index (χ3v) is 8.13. The number of ether oxygens (including phenoxy) is 2. The molecule has 2 atom stereocenters. The van der Waals surface area contributed by atoms with Gasteiger partial charge in [0.05, 0.1) is 32.0 Å². The Hall–Kier alpha value is -3.65. The summed E-state index contributed by atoms with van der Waals surface area (Å²) in [7, 11) is 0. The first-order chi connectivity index (χ1) is 19.9. The molecule has 3 fully saturated rings. The molecule has 1 N–H and O–H groups in total. The van der Waals surface area contributed by atoms with Crippen molar-refractivity contribution in [3.8, 4) is 5.88 Å². The molecule has 1 saturated carbocycles. The van der Waals surface area contributed by atoms with Gasteiger partial charge in [-0.1, -0.05) is 24.3 Å². The fraction of sp³-hybridized carbons (Fsp3) is 0.593. The summed E-state index contributed by atoms with van der Waals surface area (Å²) in [5.41, 5.74) is 0. The minimum Gasteiger partial charge on any atom is -0.474 e. The van der Waals surface area contributed by atoms with Crippen LogP contribution in [0.2, 0.25) is 0 Å². The van der Waals surface area contributed by atoms with E-state index in [-0.39, 0.29) is 48.8 Å². The molecular formula is C27H33F2N7O5. The number of halogens is 2. The number of aromatic nitrogens is 2. The average molecular weight is 574 g/mol. The quantitative estimate of drug-likeness (QED) is 0.512. The number of hydrogen-bond donors (Lipinski definition) is 1. The molecule has 2 aliphatic carbocycles. The Morgan fingerprint density at radius 2 is 1.88 bits per heavy atom. The van der Waals surface area contributed by atoms with E-state index in [2.05, 4.69) is 15.0 Å². The van der Waals surface area contributed by atoms with E-state index in [1.807, 2.05) is 17.1 Å². The van der Waals surface area contributed by atoms with Crippen LogP contribution in [-0.2, 0) is 14.3 Å². The number of nitrogens with zero attached hydrogens (tertiary/aromatic N) is 7. The van der Waals surface area contributed by atoms with Crippen LogP contribution in [-0.4, -0.2) is 113 Å². The highest BCUT2D eigenvalue weighted by atomic mass is 19.3.